The molecule has 1 fully saturated rings. The summed E-state index contributed by atoms with van der Waals surface area (Å²) in [6.45, 7) is 3.63. The Bertz CT molecular complexity index is 1210. The van der Waals surface area contributed by atoms with Gasteiger partial charge in [0.1, 0.15) is 0 Å². The van der Waals surface area contributed by atoms with Crippen LogP contribution < -0.4 is 5.56 Å². The molecular weight excluding hydrogens is 396 g/mol. The molecule has 30 heavy (non-hydrogen) atoms. The number of H-pyrrole nitrogens is 1. The predicted molar refractivity (Wildman–Crippen MR) is 122 cm³/mol. The Morgan fingerprint density at radius 1 is 1.03 bits per heavy atom. The molecule has 0 saturated carbocycles. The van der Waals surface area contributed by atoms with Crippen molar-refractivity contribution in [3.63, 3.8) is 0 Å². The van der Waals surface area contributed by atoms with Crippen LogP contribution in [0.1, 0.15) is 5.56 Å². The summed E-state index contributed by atoms with van der Waals surface area (Å²) >= 11 is 1.49. The third-order valence-corrected chi connectivity index (χ3v) is 6.31. The maximum atomic E-state index is 13.3. The van der Waals surface area contributed by atoms with E-state index in [1.165, 1.54) is 16.0 Å². The number of nitrogens with one attached hydrogen (secondary N) is 1. The molecule has 2 aromatic heterocycles. The summed E-state index contributed by atoms with van der Waals surface area (Å²) in [5, 5.41) is 10.5. The van der Waals surface area contributed by atoms with E-state index in [4.69, 9.17) is 0 Å². The molecule has 2 aromatic carbocycles. The first-order chi connectivity index (χ1) is 14.7. The average Bonchev–Trinajstić information content (AvgIpc) is 3.35. The number of thiazole rings is 1. The van der Waals surface area contributed by atoms with Gasteiger partial charge in [-0.25, -0.2) is 4.98 Å². The van der Waals surface area contributed by atoms with Gasteiger partial charge in [0, 0.05) is 31.7 Å². The topological polar surface area (TPSA) is 69.5 Å². The molecule has 4 aromatic rings. The fourth-order valence-corrected chi connectivity index (χ4v) is 4.46. The number of piperazine rings is 1. The fraction of sp³-hybridized carbons (Fsp3) is 0.227. The standard InChI is InChI=1S/C22H22N6OS/c1-26-11-13-27(14-12-26)23-15-17-20(16-7-3-2-4-8-16)25-28(21(17)29)22-24-18-9-5-6-10-19(18)30-22/h2-10,15,25H,11-14H2,1H3/b23-15-. The van der Waals surface area contributed by atoms with E-state index >= 15 is 0 Å². The number of aromatic nitrogens is 3. The highest BCUT2D eigenvalue weighted by molar-refractivity contribution is 7.20. The van der Waals surface area contributed by atoms with Gasteiger partial charge < -0.3 is 4.90 Å². The Morgan fingerprint density at radius 2 is 1.77 bits per heavy atom. The van der Waals surface area contributed by atoms with Crippen LogP contribution in [0, 0.1) is 0 Å². The molecule has 0 amide bonds. The van der Waals surface area contributed by atoms with Gasteiger partial charge in [-0.1, -0.05) is 53.8 Å². The van der Waals surface area contributed by atoms with E-state index in [2.05, 4.69) is 27.1 Å². The van der Waals surface area contributed by atoms with Crippen molar-refractivity contribution in [2.24, 2.45) is 5.10 Å². The van der Waals surface area contributed by atoms with E-state index in [-0.39, 0.29) is 5.56 Å². The molecule has 1 saturated heterocycles. The van der Waals surface area contributed by atoms with Crippen molar-refractivity contribution >= 4 is 27.8 Å². The van der Waals surface area contributed by atoms with Gasteiger partial charge in [-0.2, -0.15) is 9.78 Å². The van der Waals surface area contributed by atoms with Crippen molar-refractivity contribution in [2.45, 2.75) is 0 Å². The van der Waals surface area contributed by atoms with Crippen LogP contribution in [0.3, 0.4) is 0 Å². The molecule has 0 spiro atoms. The Hall–Kier alpha value is -3.23. The summed E-state index contributed by atoms with van der Waals surface area (Å²) in [7, 11) is 2.11. The van der Waals surface area contributed by atoms with Gasteiger partial charge in [-0.05, 0) is 19.2 Å². The van der Waals surface area contributed by atoms with Gasteiger partial charge in [0.2, 0.25) is 5.13 Å². The van der Waals surface area contributed by atoms with Crippen LogP contribution in [-0.2, 0) is 0 Å². The quantitative estimate of drug-likeness (QED) is 0.517. The number of nitrogens with zero attached hydrogens (tertiary/aromatic N) is 5. The second kappa shape index (κ2) is 7.89. The number of benzene rings is 2. The summed E-state index contributed by atoms with van der Waals surface area (Å²) in [4.78, 5) is 20.3. The molecule has 152 valence electrons. The number of hydrogen-bond donors (Lipinski definition) is 1. The van der Waals surface area contributed by atoms with Crippen molar-refractivity contribution in [3.05, 3.63) is 70.5 Å². The number of hydrazone groups is 1. The minimum atomic E-state index is -0.147. The lowest BCUT2D eigenvalue weighted by atomic mass is 10.1. The second-order valence-corrected chi connectivity index (χ2v) is 8.38. The Labute approximate surface area is 177 Å². The fourth-order valence-electron chi connectivity index (χ4n) is 3.54. The lowest BCUT2D eigenvalue weighted by molar-refractivity contribution is 0.159. The molecule has 3 heterocycles. The first-order valence-corrected chi connectivity index (χ1v) is 10.7. The molecular formula is C22H22N6OS. The first kappa shape index (κ1) is 18.8. The highest BCUT2D eigenvalue weighted by atomic mass is 32.1. The minimum Gasteiger partial charge on any atom is -0.303 e. The van der Waals surface area contributed by atoms with Crippen molar-refractivity contribution in [1.29, 1.82) is 0 Å². The largest absolute Gasteiger partial charge is 0.303 e. The maximum absolute atomic E-state index is 13.3. The third kappa shape index (κ3) is 3.55. The van der Waals surface area contributed by atoms with Crippen molar-refractivity contribution < 1.29 is 0 Å². The molecule has 1 N–H and O–H groups in total. The summed E-state index contributed by atoms with van der Waals surface area (Å²) < 4.78 is 2.57. The lowest BCUT2D eigenvalue weighted by Crippen LogP contribution is -2.41. The first-order valence-electron chi connectivity index (χ1n) is 9.93. The number of fused-ring (bicyclic) bond motifs is 1. The van der Waals surface area contributed by atoms with Gasteiger partial charge in [0.05, 0.1) is 27.7 Å². The van der Waals surface area contributed by atoms with Crippen molar-refractivity contribution in [1.82, 2.24) is 24.7 Å². The monoisotopic (exact) mass is 418 g/mol. The summed E-state index contributed by atoms with van der Waals surface area (Å²) in [6, 6.07) is 17.8. The normalized spacial score (nSPS) is 15.4. The average molecular weight is 419 g/mol. The molecule has 0 aliphatic carbocycles. The van der Waals surface area contributed by atoms with Crippen LogP contribution in [-0.4, -0.2) is 64.1 Å². The summed E-state index contributed by atoms with van der Waals surface area (Å²) in [6.07, 6.45) is 1.69. The van der Waals surface area contributed by atoms with E-state index in [0.29, 0.717) is 10.7 Å². The van der Waals surface area contributed by atoms with Crippen molar-refractivity contribution in [3.8, 4) is 16.4 Å². The van der Waals surface area contributed by atoms with Crippen LogP contribution in [0.2, 0.25) is 0 Å². The predicted octanol–water partition coefficient (Wildman–Crippen LogP) is 3.02. The van der Waals surface area contributed by atoms with E-state index in [9.17, 15) is 4.79 Å². The van der Waals surface area contributed by atoms with E-state index in [0.717, 1.165) is 47.7 Å². The van der Waals surface area contributed by atoms with Gasteiger partial charge in [-0.15, -0.1) is 0 Å². The van der Waals surface area contributed by atoms with Crippen LogP contribution in [0.4, 0.5) is 0 Å². The molecule has 8 heteroatoms. The van der Waals surface area contributed by atoms with Gasteiger partial charge in [0.25, 0.3) is 5.56 Å². The summed E-state index contributed by atoms with van der Waals surface area (Å²) in [5.74, 6) is 0. The smallest absolute Gasteiger partial charge is 0.282 e. The molecule has 1 aliphatic rings. The highest BCUT2D eigenvalue weighted by Gasteiger charge is 2.18. The van der Waals surface area contributed by atoms with E-state index in [1.807, 2.05) is 59.6 Å². The molecule has 7 nitrogen and oxygen atoms in total. The van der Waals surface area contributed by atoms with E-state index in [1.54, 1.807) is 6.21 Å². The van der Waals surface area contributed by atoms with Crippen LogP contribution in [0.5, 0.6) is 0 Å². The number of rotatable bonds is 4. The van der Waals surface area contributed by atoms with Gasteiger partial charge in [0.15, 0.2) is 0 Å². The molecule has 0 unspecified atom stereocenters. The molecule has 0 atom stereocenters. The minimum absolute atomic E-state index is 0.147. The Balaban J connectivity index is 1.58. The second-order valence-electron chi connectivity index (χ2n) is 7.37. The Kier molecular flexibility index (Phi) is 4.94. The number of para-hydroxylation sites is 1. The molecule has 0 bridgehead atoms. The zero-order valence-electron chi connectivity index (χ0n) is 16.7. The zero-order valence-corrected chi connectivity index (χ0v) is 17.5. The van der Waals surface area contributed by atoms with Crippen LogP contribution in [0.15, 0.2) is 64.5 Å². The van der Waals surface area contributed by atoms with Crippen LogP contribution >= 0.6 is 11.3 Å². The maximum Gasteiger partial charge on any atom is 0.282 e. The van der Waals surface area contributed by atoms with Gasteiger partial charge in [-0.3, -0.25) is 14.9 Å². The Morgan fingerprint density at radius 3 is 2.53 bits per heavy atom. The lowest BCUT2D eigenvalue weighted by Gasteiger charge is -2.30. The number of hydrogen-bond acceptors (Lipinski definition) is 6. The van der Waals surface area contributed by atoms with E-state index < -0.39 is 0 Å². The van der Waals surface area contributed by atoms with Crippen molar-refractivity contribution in [2.75, 3.05) is 33.2 Å². The highest BCUT2D eigenvalue weighted by Crippen LogP contribution is 2.25. The molecule has 0 radical (unpaired) electrons. The van der Waals surface area contributed by atoms with Crippen LogP contribution in [0.25, 0.3) is 26.6 Å². The SMILES string of the molecule is CN1CCN(/N=C\c2c(-c3ccccc3)[nH]n(-c3nc4ccccc4s3)c2=O)CC1. The van der Waals surface area contributed by atoms with Gasteiger partial charge >= 0.3 is 0 Å². The summed E-state index contributed by atoms with van der Waals surface area (Å²) in [5.41, 5.74) is 2.96. The molecule has 5 rings (SSSR count). The number of aromatic amines is 1. The third-order valence-electron chi connectivity index (χ3n) is 5.29. The zero-order chi connectivity index (χ0) is 20.5. The number of likely N-dealkylation sites (N-methyl/N-ethyl adjacent to an activating group) is 1. The molecule has 1 aliphatic heterocycles.